The van der Waals surface area contributed by atoms with E-state index in [4.69, 9.17) is 11.6 Å². The molecule has 1 rings (SSSR count). The molecule has 2 amide bonds. The molecule has 0 aromatic carbocycles. The highest BCUT2D eigenvalue weighted by atomic mass is 35.5. The molecule has 1 unspecified atom stereocenters. The highest BCUT2D eigenvalue weighted by Crippen LogP contribution is 2.18. The van der Waals surface area contributed by atoms with Crippen LogP contribution in [0.25, 0.3) is 0 Å². The van der Waals surface area contributed by atoms with E-state index in [1.807, 2.05) is 0 Å². The summed E-state index contributed by atoms with van der Waals surface area (Å²) in [4.78, 5) is 24.4. The van der Waals surface area contributed by atoms with Crippen molar-refractivity contribution in [2.75, 3.05) is 26.1 Å². The first-order chi connectivity index (χ1) is 7.20. The van der Waals surface area contributed by atoms with Crippen molar-refractivity contribution in [3.05, 3.63) is 0 Å². The second kappa shape index (κ2) is 5.80. The lowest BCUT2D eigenvalue weighted by atomic mass is 10.2. The van der Waals surface area contributed by atoms with Gasteiger partial charge >= 0.3 is 12.0 Å². The summed E-state index contributed by atoms with van der Waals surface area (Å²) in [7, 11) is 1.33. The fraction of sp³-hybridized carbons (Fsp3) is 0.778. The van der Waals surface area contributed by atoms with Crippen LogP contribution >= 0.6 is 11.6 Å². The quantitative estimate of drug-likeness (QED) is 0.574. The minimum absolute atomic E-state index is 0.247. The lowest BCUT2D eigenvalue weighted by molar-refractivity contribution is -0.144. The summed E-state index contributed by atoms with van der Waals surface area (Å²) in [5.74, 6) is 0.0103. The van der Waals surface area contributed by atoms with E-state index in [0.717, 1.165) is 6.42 Å². The number of nitrogens with one attached hydrogen (secondary N) is 1. The number of alkyl halides is 1. The zero-order valence-corrected chi connectivity index (χ0v) is 9.42. The topological polar surface area (TPSA) is 58.6 Å². The van der Waals surface area contributed by atoms with Crippen molar-refractivity contribution in [2.24, 2.45) is 0 Å². The van der Waals surface area contributed by atoms with Crippen LogP contribution in [0.3, 0.4) is 0 Å². The number of nitrogens with zero attached hydrogens (tertiary/aromatic N) is 1. The van der Waals surface area contributed by atoms with Gasteiger partial charge in [-0.15, -0.1) is 11.6 Å². The Morgan fingerprint density at radius 3 is 2.93 bits per heavy atom. The molecule has 0 aliphatic carbocycles. The molecule has 6 heteroatoms. The standard InChI is InChI=1S/C9H15ClN2O3/c1-15-8(13)7-3-2-6-12(7)9(14)11-5-4-10/h7H,2-6H2,1H3,(H,11,14). The van der Waals surface area contributed by atoms with E-state index < -0.39 is 6.04 Å². The Kier molecular flexibility index (Phi) is 4.68. The lowest BCUT2D eigenvalue weighted by Crippen LogP contribution is -2.46. The van der Waals surface area contributed by atoms with E-state index >= 15 is 0 Å². The molecule has 0 bridgehead atoms. The summed E-state index contributed by atoms with van der Waals surface area (Å²) in [6.07, 6.45) is 1.50. The van der Waals surface area contributed by atoms with E-state index in [1.165, 1.54) is 12.0 Å². The molecule has 1 atom stereocenters. The molecular weight excluding hydrogens is 220 g/mol. The van der Waals surface area contributed by atoms with Gasteiger partial charge in [-0.3, -0.25) is 0 Å². The minimum Gasteiger partial charge on any atom is -0.467 e. The number of urea groups is 1. The molecule has 1 N–H and O–H groups in total. The summed E-state index contributed by atoms with van der Waals surface area (Å²) < 4.78 is 4.63. The van der Waals surface area contributed by atoms with Gasteiger partial charge in [0.25, 0.3) is 0 Å². The average Bonchev–Trinajstić information content (AvgIpc) is 2.73. The third-order valence-corrected chi connectivity index (χ3v) is 2.55. The van der Waals surface area contributed by atoms with Gasteiger partial charge in [-0.05, 0) is 12.8 Å². The van der Waals surface area contributed by atoms with Crippen molar-refractivity contribution in [3.8, 4) is 0 Å². The maximum absolute atomic E-state index is 11.6. The number of likely N-dealkylation sites (tertiary alicyclic amines) is 1. The molecule has 5 nitrogen and oxygen atoms in total. The van der Waals surface area contributed by atoms with Crippen LogP contribution in [-0.2, 0) is 9.53 Å². The molecule has 15 heavy (non-hydrogen) atoms. The van der Waals surface area contributed by atoms with Crippen LogP contribution in [0, 0.1) is 0 Å². The molecule has 1 aliphatic heterocycles. The third kappa shape index (κ3) is 2.99. The number of amides is 2. The number of esters is 1. The molecule has 0 radical (unpaired) electrons. The summed E-state index contributed by atoms with van der Waals surface area (Å²) in [5, 5.41) is 2.63. The van der Waals surface area contributed by atoms with Gasteiger partial charge in [0.05, 0.1) is 7.11 Å². The van der Waals surface area contributed by atoms with Gasteiger partial charge in [0.1, 0.15) is 6.04 Å². The van der Waals surface area contributed by atoms with Crippen LogP contribution in [0.1, 0.15) is 12.8 Å². The molecule has 0 aromatic rings. The molecular formula is C9H15ClN2O3. The highest BCUT2D eigenvalue weighted by Gasteiger charge is 2.34. The highest BCUT2D eigenvalue weighted by molar-refractivity contribution is 6.18. The number of ether oxygens (including phenoxy) is 1. The zero-order valence-electron chi connectivity index (χ0n) is 8.66. The number of halogens is 1. The molecule has 1 heterocycles. The first kappa shape index (κ1) is 12.1. The van der Waals surface area contributed by atoms with Crippen molar-refractivity contribution in [1.29, 1.82) is 0 Å². The predicted molar refractivity (Wildman–Crippen MR) is 55.9 cm³/mol. The first-order valence-corrected chi connectivity index (χ1v) is 5.42. The maximum Gasteiger partial charge on any atom is 0.328 e. The first-order valence-electron chi connectivity index (χ1n) is 4.89. The van der Waals surface area contributed by atoms with Crippen molar-refractivity contribution < 1.29 is 14.3 Å². The van der Waals surface area contributed by atoms with E-state index in [9.17, 15) is 9.59 Å². The fourth-order valence-electron chi connectivity index (χ4n) is 1.65. The van der Waals surface area contributed by atoms with Crippen molar-refractivity contribution >= 4 is 23.6 Å². The molecule has 0 aromatic heterocycles. The minimum atomic E-state index is -0.440. The van der Waals surface area contributed by atoms with Gasteiger partial charge in [0.2, 0.25) is 0 Å². The van der Waals surface area contributed by atoms with Crippen LogP contribution in [0.4, 0.5) is 4.79 Å². The van der Waals surface area contributed by atoms with Gasteiger partial charge in [0.15, 0.2) is 0 Å². The molecule has 86 valence electrons. The summed E-state index contributed by atoms with van der Waals surface area (Å²) in [5.41, 5.74) is 0. The summed E-state index contributed by atoms with van der Waals surface area (Å²) in [6.45, 7) is 0.999. The van der Waals surface area contributed by atoms with E-state index in [2.05, 4.69) is 10.1 Å². The molecule has 1 saturated heterocycles. The van der Waals surface area contributed by atoms with E-state index in [1.54, 1.807) is 0 Å². The van der Waals surface area contributed by atoms with Crippen LogP contribution in [0.15, 0.2) is 0 Å². The Hall–Kier alpha value is -0.970. The second-order valence-corrected chi connectivity index (χ2v) is 3.67. The monoisotopic (exact) mass is 234 g/mol. The fourth-order valence-corrected chi connectivity index (χ4v) is 1.74. The summed E-state index contributed by atoms with van der Waals surface area (Å²) in [6, 6.07) is -0.686. The lowest BCUT2D eigenvalue weighted by Gasteiger charge is -2.22. The molecule has 0 saturated carbocycles. The normalized spacial score (nSPS) is 20.1. The number of hydrogen-bond acceptors (Lipinski definition) is 3. The second-order valence-electron chi connectivity index (χ2n) is 3.30. The number of carbonyl (C=O) groups excluding carboxylic acids is 2. The Balaban J connectivity index is 2.52. The average molecular weight is 235 g/mol. The largest absolute Gasteiger partial charge is 0.467 e. The van der Waals surface area contributed by atoms with Crippen molar-refractivity contribution in [1.82, 2.24) is 10.2 Å². The van der Waals surface area contributed by atoms with Gasteiger partial charge in [-0.2, -0.15) is 0 Å². The third-order valence-electron chi connectivity index (χ3n) is 2.36. The molecule has 1 aliphatic rings. The number of rotatable bonds is 3. The molecule has 0 spiro atoms. The smallest absolute Gasteiger partial charge is 0.328 e. The SMILES string of the molecule is COC(=O)C1CCCN1C(=O)NCCCl. The van der Waals surface area contributed by atoms with Crippen LogP contribution in [-0.4, -0.2) is 49.0 Å². The van der Waals surface area contributed by atoms with Gasteiger partial charge < -0.3 is 15.0 Å². The Morgan fingerprint density at radius 1 is 1.60 bits per heavy atom. The van der Waals surface area contributed by atoms with Crippen LogP contribution in [0.5, 0.6) is 0 Å². The van der Waals surface area contributed by atoms with E-state index in [-0.39, 0.29) is 12.0 Å². The maximum atomic E-state index is 11.6. The van der Waals surface area contributed by atoms with Gasteiger partial charge in [0, 0.05) is 19.0 Å². The Labute approximate surface area is 93.7 Å². The zero-order chi connectivity index (χ0) is 11.3. The number of carbonyl (C=O) groups is 2. The van der Waals surface area contributed by atoms with Gasteiger partial charge in [-0.1, -0.05) is 0 Å². The Morgan fingerprint density at radius 2 is 2.33 bits per heavy atom. The van der Waals surface area contributed by atoms with Crippen molar-refractivity contribution in [3.63, 3.8) is 0 Å². The predicted octanol–water partition coefficient (Wildman–Crippen LogP) is 0.572. The van der Waals surface area contributed by atoms with Crippen molar-refractivity contribution in [2.45, 2.75) is 18.9 Å². The summed E-state index contributed by atoms with van der Waals surface area (Å²) >= 11 is 5.45. The number of methoxy groups -OCH3 is 1. The number of hydrogen-bond donors (Lipinski definition) is 1. The Bertz CT molecular complexity index is 248. The van der Waals surface area contributed by atoms with Gasteiger partial charge in [-0.25, -0.2) is 9.59 Å². The van der Waals surface area contributed by atoms with E-state index in [0.29, 0.717) is 25.4 Å². The molecule has 1 fully saturated rings. The van der Waals surface area contributed by atoms with Crippen LogP contribution in [0.2, 0.25) is 0 Å². The van der Waals surface area contributed by atoms with Crippen LogP contribution < -0.4 is 5.32 Å².